The van der Waals surface area contributed by atoms with Gasteiger partial charge in [-0.2, -0.15) is 0 Å². The molecule has 4 unspecified atom stereocenters. The predicted molar refractivity (Wildman–Crippen MR) is 94.9 cm³/mol. The van der Waals surface area contributed by atoms with Crippen molar-refractivity contribution in [2.24, 2.45) is 5.92 Å². The van der Waals surface area contributed by atoms with Gasteiger partial charge in [0.1, 0.15) is 6.10 Å². The highest BCUT2D eigenvalue weighted by atomic mass is 16.5. The van der Waals surface area contributed by atoms with Crippen LogP contribution in [0.3, 0.4) is 0 Å². The molecular formula is C19H37NO4. The molecule has 0 aliphatic heterocycles. The molecule has 0 heterocycles. The molecule has 0 bridgehead atoms. The minimum absolute atomic E-state index is 0.166. The lowest BCUT2D eigenvalue weighted by atomic mass is 9.70. The van der Waals surface area contributed by atoms with Gasteiger partial charge in [-0.05, 0) is 45.6 Å². The molecule has 2 saturated carbocycles. The Kier molecular flexibility index (Phi) is 7.50. The molecule has 2 aliphatic carbocycles. The van der Waals surface area contributed by atoms with E-state index in [0.29, 0.717) is 18.8 Å². The summed E-state index contributed by atoms with van der Waals surface area (Å²) in [5, 5.41) is 31.0. The maximum Gasteiger partial charge on any atom is 0.109 e. The van der Waals surface area contributed by atoms with Gasteiger partial charge in [0.05, 0.1) is 17.8 Å². The SMILES string of the molecule is CCCCCCN(CC1CCC1(C)O)C1CC(O)C(OC)C(O)C1. The van der Waals surface area contributed by atoms with E-state index in [-0.39, 0.29) is 6.04 Å². The zero-order chi connectivity index (χ0) is 17.7. The van der Waals surface area contributed by atoms with Crippen LogP contribution in [0.5, 0.6) is 0 Å². The fourth-order valence-corrected chi connectivity index (χ4v) is 4.29. The van der Waals surface area contributed by atoms with Crippen molar-refractivity contribution in [1.29, 1.82) is 0 Å². The van der Waals surface area contributed by atoms with Gasteiger partial charge >= 0.3 is 0 Å². The summed E-state index contributed by atoms with van der Waals surface area (Å²) in [5.41, 5.74) is -0.553. The Morgan fingerprint density at radius 3 is 2.25 bits per heavy atom. The van der Waals surface area contributed by atoms with Crippen molar-refractivity contribution in [3.63, 3.8) is 0 Å². The van der Waals surface area contributed by atoms with Crippen molar-refractivity contribution in [2.45, 2.75) is 95.2 Å². The Morgan fingerprint density at radius 1 is 1.12 bits per heavy atom. The summed E-state index contributed by atoms with van der Waals surface area (Å²) in [6.45, 7) is 5.99. The molecule has 4 atom stereocenters. The van der Waals surface area contributed by atoms with E-state index in [4.69, 9.17) is 4.74 Å². The lowest BCUT2D eigenvalue weighted by molar-refractivity contribution is -0.133. The minimum Gasteiger partial charge on any atom is -0.390 e. The number of rotatable bonds is 9. The fraction of sp³-hybridized carbons (Fsp3) is 1.00. The molecular weight excluding hydrogens is 306 g/mol. The van der Waals surface area contributed by atoms with Gasteiger partial charge in [-0.3, -0.25) is 4.90 Å². The van der Waals surface area contributed by atoms with E-state index in [2.05, 4.69) is 11.8 Å². The average molecular weight is 344 g/mol. The molecule has 0 aromatic rings. The molecule has 3 N–H and O–H groups in total. The molecule has 2 rings (SSSR count). The van der Waals surface area contributed by atoms with Crippen LogP contribution in [0.15, 0.2) is 0 Å². The van der Waals surface area contributed by atoms with Gasteiger partial charge in [0.2, 0.25) is 0 Å². The molecule has 0 spiro atoms. The number of unbranched alkanes of at least 4 members (excludes halogenated alkanes) is 3. The van der Waals surface area contributed by atoms with Crippen LogP contribution in [0.1, 0.15) is 65.2 Å². The molecule has 2 fully saturated rings. The number of ether oxygens (including phenoxy) is 1. The first-order chi connectivity index (χ1) is 11.4. The molecule has 24 heavy (non-hydrogen) atoms. The Hall–Kier alpha value is -0.200. The monoisotopic (exact) mass is 343 g/mol. The highest BCUT2D eigenvalue weighted by Gasteiger charge is 2.44. The maximum atomic E-state index is 10.4. The van der Waals surface area contributed by atoms with E-state index in [1.165, 1.54) is 19.3 Å². The van der Waals surface area contributed by atoms with Crippen molar-refractivity contribution in [1.82, 2.24) is 4.90 Å². The smallest absolute Gasteiger partial charge is 0.109 e. The van der Waals surface area contributed by atoms with Crippen LogP contribution in [-0.2, 0) is 4.74 Å². The van der Waals surface area contributed by atoms with Gasteiger partial charge in [-0.15, -0.1) is 0 Å². The Morgan fingerprint density at radius 2 is 1.79 bits per heavy atom. The van der Waals surface area contributed by atoms with E-state index in [1.807, 2.05) is 6.92 Å². The van der Waals surface area contributed by atoms with Gasteiger partial charge in [0.25, 0.3) is 0 Å². The second-order valence-corrected chi connectivity index (χ2v) is 8.11. The molecule has 0 aromatic heterocycles. The molecule has 5 nitrogen and oxygen atoms in total. The third-order valence-corrected chi connectivity index (χ3v) is 6.21. The first-order valence-corrected chi connectivity index (χ1v) is 9.74. The van der Waals surface area contributed by atoms with Crippen molar-refractivity contribution < 1.29 is 20.1 Å². The summed E-state index contributed by atoms with van der Waals surface area (Å²) >= 11 is 0. The normalized spacial score (nSPS) is 39.9. The van der Waals surface area contributed by atoms with Gasteiger partial charge < -0.3 is 20.1 Å². The summed E-state index contributed by atoms with van der Waals surface area (Å²) in [4.78, 5) is 2.41. The maximum absolute atomic E-state index is 10.4. The molecule has 142 valence electrons. The van der Waals surface area contributed by atoms with Crippen LogP contribution in [0, 0.1) is 5.92 Å². The van der Waals surface area contributed by atoms with Crippen molar-refractivity contribution in [3.8, 4) is 0 Å². The summed E-state index contributed by atoms with van der Waals surface area (Å²) in [6.07, 6.45) is 6.31. The van der Waals surface area contributed by atoms with Crippen molar-refractivity contribution in [2.75, 3.05) is 20.2 Å². The first kappa shape index (κ1) is 20.1. The Balaban J connectivity index is 1.96. The van der Waals surface area contributed by atoms with E-state index >= 15 is 0 Å². The van der Waals surface area contributed by atoms with E-state index in [9.17, 15) is 15.3 Å². The fourth-order valence-electron chi connectivity index (χ4n) is 4.29. The van der Waals surface area contributed by atoms with E-state index in [1.54, 1.807) is 7.11 Å². The summed E-state index contributed by atoms with van der Waals surface area (Å²) < 4.78 is 5.24. The topological polar surface area (TPSA) is 73.2 Å². The summed E-state index contributed by atoms with van der Waals surface area (Å²) in [6, 6.07) is 0.166. The van der Waals surface area contributed by atoms with Crippen LogP contribution in [-0.4, -0.2) is 70.4 Å². The minimum atomic E-state index is -0.621. The second-order valence-electron chi connectivity index (χ2n) is 8.11. The first-order valence-electron chi connectivity index (χ1n) is 9.74. The quantitative estimate of drug-likeness (QED) is 0.558. The van der Waals surface area contributed by atoms with Crippen molar-refractivity contribution in [3.05, 3.63) is 0 Å². The Labute approximate surface area is 147 Å². The highest BCUT2D eigenvalue weighted by Crippen LogP contribution is 2.39. The Bertz CT molecular complexity index is 364. The average Bonchev–Trinajstić information content (AvgIpc) is 2.52. The molecule has 0 aromatic carbocycles. The lowest BCUT2D eigenvalue weighted by Crippen LogP contribution is -2.56. The van der Waals surface area contributed by atoms with Gasteiger partial charge in [0, 0.05) is 25.6 Å². The predicted octanol–water partition coefficient (Wildman–Crippen LogP) is 1.93. The zero-order valence-corrected chi connectivity index (χ0v) is 15.7. The zero-order valence-electron chi connectivity index (χ0n) is 15.7. The summed E-state index contributed by atoms with van der Waals surface area (Å²) in [7, 11) is 1.55. The number of aliphatic hydroxyl groups excluding tert-OH is 2. The largest absolute Gasteiger partial charge is 0.390 e. The molecule has 0 saturated heterocycles. The van der Waals surface area contributed by atoms with Crippen LogP contribution in [0.25, 0.3) is 0 Å². The number of hydrogen-bond donors (Lipinski definition) is 3. The molecule has 5 heteroatoms. The molecule has 0 radical (unpaired) electrons. The van der Waals surface area contributed by atoms with Gasteiger partial charge in [0.15, 0.2) is 0 Å². The van der Waals surface area contributed by atoms with Gasteiger partial charge in [-0.1, -0.05) is 26.2 Å². The van der Waals surface area contributed by atoms with E-state index in [0.717, 1.165) is 32.4 Å². The van der Waals surface area contributed by atoms with Gasteiger partial charge in [-0.25, -0.2) is 0 Å². The lowest BCUT2D eigenvalue weighted by Gasteiger charge is -2.48. The third-order valence-electron chi connectivity index (χ3n) is 6.21. The molecule has 0 amide bonds. The summed E-state index contributed by atoms with van der Waals surface area (Å²) in [5.74, 6) is 0.304. The number of aliphatic hydroxyl groups is 3. The third kappa shape index (κ3) is 4.92. The van der Waals surface area contributed by atoms with Crippen LogP contribution >= 0.6 is 0 Å². The van der Waals surface area contributed by atoms with Crippen LogP contribution < -0.4 is 0 Å². The van der Waals surface area contributed by atoms with Crippen molar-refractivity contribution >= 4 is 0 Å². The number of methoxy groups -OCH3 is 1. The number of hydrogen-bond acceptors (Lipinski definition) is 5. The highest BCUT2D eigenvalue weighted by molar-refractivity contribution is 4.97. The second kappa shape index (κ2) is 8.95. The molecule has 2 aliphatic rings. The standard InChI is InChI=1S/C19H37NO4/c1-4-5-6-7-10-20(13-14-8-9-19(14,2)23)15-11-16(21)18(24-3)17(22)12-15/h14-18,21-23H,4-13H2,1-3H3. The van der Waals surface area contributed by atoms with E-state index < -0.39 is 23.9 Å². The van der Waals surface area contributed by atoms with Crippen LogP contribution in [0.4, 0.5) is 0 Å². The van der Waals surface area contributed by atoms with Crippen LogP contribution in [0.2, 0.25) is 0 Å². The number of nitrogens with zero attached hydrogens (tertiary/aromatic N) is 1.